The molecule has 1 heterocycles. The van der Waals surface area contributed by atoms with Gasteiger partial charge in [0.1, 0.15) is 17.7 Å². The molecule has 2 rings (SSSR count). The predicted octanol–water partition coefficient (Wildman–Crippen LogP) is 2.32. The Morgan fingerprint density at radius 1 is 1.50 bits per heavy atom. The molecule has 0 aliphatic heterocycles. The minimum Gasteiger partial charge on any atom is -0.480 e. The number of nitrogens with one attached hydrogen (secondary N) is 1. The first kappa shape index (κ1) is 14.6. The second-order valence-corrected chi connectivity index (χ2v) is 5.37. The quantitative estimate of drug-likeness (QED) is 0.860. The molecule has 20 heavy (non-hydrogen) atoms. The molecule has 0 saturated heterocycles. The first-order chi connectivity index (χ1) is 9.55. The van der Waals surface area contributed by atoms with Crippen LogP contribution in [0.25, 0.3) is 0 Å². The summed E-state index contributed by atoms with van der Waals surface area (Å²) < 4.78 is 5.31. The molecule has 1 fully saturated rings. The smallest absolute Gasteiger partial charge is 0.329 e. The lowest BCUT2D eigenvalue weighted by Gasteiger charge is -2.36. The monoisotopic (exact) mass is 279 g/mol. The zero-order chi connectivity index (χ0) is 14.6. The molecule has 1 aliphatic carbocycles. The number of carbonyl (C=O) groups is 1. The minimum absolute atomic E-state index is 0.453. The topological polar surface area (TPSA) is 84.3 Å². The molecule has 1 saturated carbocycles. The second-order valence-electron chi connectivity index (χ2n) is 5.37. The lowest BCUT2D eigenvalue weighted by Crippen LogP contribution is -2.49. The van der Waals surface area contributed by atoms with Gasteiger partial charge in [0.05, 0.1) is 6.61 Å². The van der Waals surface area contributed by atoms with Crippen LogP contribution < -0.4 is 10.1 Å². The number of ether oxygens (including phenoxy) is 1. The van der Waals surface area contributed by atoms with Crippen molar-refractivity contribution in [2.75, 3.05) is 11.9 Å². The van der Waals surface area contributed by atoms with Crippen LogP contribution in [0.4, 0.5) is 5.82 Å². The Morgan fingerprint density at radius 3 is 2.80 bits per heavy atom. The average molecular weight is 279 g/mol. The molecule has 1 aliphatic rings. The van der Waals surface area contributed by atoms with E-state index in [1.54, 1.807) is 6.07 Å². The van der Waals surface area contributed by atoms with Gasteiger partial charge in [-0.05, 0) is 38.5 Å². The molecule has 6 heteroatoms. The van der Waals surface area contributed by atoms with E-state index in [2.05, 4.69) is 22.2 Å². The SMILES string of the molecule is CCOc1cc(NC2(C(=O)O)CCC(C)CC2)ncn1. The largest absolute Gasteiger partial charge is 0.480 e. The van der Waals surface area contributed by atoms with Crippen LogP contribution in [0.2, 0.25) is 0 Å². The van der Waals surface area contributed by atoms with Gasteiger partial charge in [-0.15, -0.1) is 0 Å². The van der Waals surface area contributed by atoms with Gasteiger partial charge in [-0.2, -0.15) is 0 Å². The maximum atomic E-state index is 11.7. The molecule has 0 unspecified atom stereocenters. The van der Waals surface area contributed by atoms with Gasteiger partial charge in [0, 0.05) is 6.07 Å². The van der Waals surface area contributed by atoms with Crippen LogP contribution in [0.1, 0.15) is 39.5 Å². The van der Waals surface area contributed by atoms with Crippen LogP contribution in [-0.2, 0) is 4.79 Å². The molecule has 2 N–H and O–H groups in total. The Hall–Kier alpha value is -1.85. The lowest BCUT2D eigenvalue weighted by atomic mass is 9.77. The molecule has 0 atom stereocenters. The summed E-state index contributed by atoms with van der Waals surface area (Å²) in [5.74, 6) is 0.713. The number of hydrogen-bond donors (Lipinski definition) is 2. The summed E-state index contributed by atoms with van der Waals surface area (Å²) in [5, 5.41) is 12.7. The third-order valence-electron chi connectivity index (χ3n) is 3.84. The van der Waals surface area contributed by atoms with Crippen molar-refractivity contribution in [2.45, 2.75) is 45.1 Å². The molecule has 0 aromatic carbocycles. The van der Waals surface area contributed by atoms with Crippen molar-refractivity contribution in [1.29, 1.82) is 0 Å². The third kappa shape index (κ3) is 3.18. The van der Waals surface area contributed by atoms with Crippen LogP contribution in [-0.4, -0.2) is 33.2 Å². The van der Waals surface area contributed by atoms with Crippen molar-refractivity contribution in [1.82, 2.24) is 9.97 Å². The number of rotatable bonds is 5. The van der Waals surface area contributed by atoms with Gasteiger partial charge >= 0.3 is 5.97 Å². The molecule has 6 nitrogen and oxygen atoms in total. The van der Waals surface area contributed by atoms with Crippen LogP contribution in [0.5, 0.6) is 5.88 Å². The molecular weight excluding hydrogens is 258 g/mol. The Bertz CT molecular complexity index is 470. The van der Waals surface area contributed by atoms with Crippen molar-refractivity contribution in [2.24, 2.45) is 5.92 Å². The maximum absolute atomic E-state index is 11.7. The first-order valence-electron chi connectivity index (χ1n) is 7.02. The van der Waals surface area contributed by atoms with Gasteiger partial charge in [0.15, 0.2) is 0 Å². The van der Waals surface area contributed by atoms with E-state index in [1.807, 2.05) is 6.92 Å². The summed E-state index contributed by atoms with van der Waals surface area (Å²) in [6.07, 6.45) is 4.41. The summed E-state index contributed by atoms with van der Waals surface area (Å²) in [7, 11) is 0. The van der Waals surface area contributed by atoms with Gasteiger partial charge in [-0.25, -0.2) is 14.8 Å². The van der Waals surface area contributed by atoms with Crippen LogP contribution >= 0.6 is 0 Å². The van der Waals surface area contributed by atoms with Crippen molar-refractivity contribution in [3.05, 3.63) is 12.4 Å². The van der Waals surface area contributed by atoms with Gasteiger partial charge < -0.3 is 15.2 Å². The number of carboxylic acids is 1. The highest BCUT2D eigenvalue weighted by Gasteiger charge is 2.41. The predicted molar refractivity (Wildman–Crippen MR) is 74.8 cm³/mol. The van der Waals surface area contributed by atoms with Crippen LogP contribution in [0.15, 0.2) is 12.4 Å². The average Bonchev–Trinajstić information content (AvgIpc) is 2.42. The highest BCUT2D eigenvalue weighted by atomic mass is 16.5. The summed E-state index contributed by atoms with van der Waals surface area (Å²) in [6, 6.07) is 1.65. The number of aromatic nitrogens is 2. The molecule has 0 amide bonds. The number of hydrogen-bond acceptors (Lipinski definition) is 5. The van der Waals surface area contributed by atoms with Gasteiger partial charge in [-0.3, -0.25) is 0 Å². The van der Waals surface area contributed by atoms with E-state index in [4.69, 9.17) is 4.74 Å². The number of carboxylic acid groups (broad SMARTS) is 1. The van der Waals surface area contributed by atoms with E-state index in [0.717, 1.165) is 12.8 Å². The number of nitrogens with zero attached hydrogens (tertiary/aromatic N) is 2. The zero-order valence-corrected chi connectivity index (χ0v) is 11.9. The highest BCUT2D eigenvalue weighted by Crippen LogP contribution is 2.34. The summed E-state index contributed by atoms with van der Waals surface area (Å²) in [4.78, 5) is 19.7. The van der Waals surface area contributed by atoms with Gasteiger partial charge in [-0.1, -0.05) is 6.92 Å². The van der Waals surface area contributed by atoms with Crippen molar-refractivity contribution in [3.63, 3.8) is 0 Å². The zero-order valence-electron chi connectivity index (χ0n) is 11.9. The van der Waals surface area contributed by atoms with E-state index in [9.17, 15) is 9.90 Å². The van der Waals surface area contributed by atoms with E-state index in [1.165, 1.54) is 6.33 Å². The third-order valence-corrected chi connectivity index (χ3v) is 3.84. The molecule has 0 radical (unpaired) electrons. The van der Waals surface area contributed by atoms with Crippen LogP contribution in [0.3, 0.4) is 0 Å². The Balaban J connectivity index is 2.16. The van der Waals surface area contributed by atoms with Gasteiger partial charge in [0.2, 0.25) is 5.88 Å². The van der Waals surface area contributed by atoms with E-state index in [-0.39, 0.29) is 0 Å². The van der Waals surface area contributed by atoms with Gasteiger partial charge in [0.25, 0.3) is 0 Å². The van der Waals surface area contributed by atoms with Crippen molar-refractivity contribution >= 4 is 11.8 Å². The lowest BCUT2D eigenvalue weighted by molar-refractivity contribution is -0.143. The molecule has 0 bridgehead atoms. The molecule has 110 valence electrons. The Labute approximate surface area is 118 Å². The fourth-order valence-electron chi connectivity index (χ4n) is 2.53. The minimum atomic E-state index is -0.926. The summed E-state index contributed by atoms with van der Waals surface area (Å²) in [5.41, 5.74) is -0.926. The summed E-state index contributed by atoms with van der Waals surface area (Å²) >= 11 is 0. The second kappa shape index (κ2) is 6.07. The molecular formula is C14H21N3O3. The van der Waals surface area contributed by atoms with E-state index < -0.39 is 11.5 Å². The standard InChI is InChI=1S/C14H21N3O3/c1-3-20-12-8-11(15-9-16-12)17-14(13(18)19)6-4-10(2)5-7-14/h8-10H,3-7H2,1-2H3,(H,18,19)(H,15,16,17). The Kier molecular flexibility index (Phi) is 4.42. The first-order valence-corrected chi connectivity index (χ1v) is 7.02. The normalized spacial score (nSPS) is 26.0. The maximum Gasteiger partial charge on any atom is 0.329 e. The molecule has 1 aromatic heterocycles. The fraction of sp³-hybridized carbons (Fsp3) is 0.643. The fourth-order valence-corrected chi connectivity index (χ4v) is 2.53. The van der Waals surface area contributed by atoms with Crippen LogP contribution in [0, 0.1) is 5.92 Å². The number of anilines is 1. The summed E-state index contributed by atoms with van der Waals surface area (Å²) in [6.45, 7) is 4.54. The van der Waals surface area contributed by atoms with E-state index >= 15 is 0 Å². The number of aliphatic carboxylic acids is 1. The molecule has 1 aromatic rings. The molecule has 0 spiro atoms. The van der Waals surface area contributed by atoms with E-state index in [0.29, 0.717) is 37.1 Å². The van der Waals surface area contributed by atoms with Crippen molar-refractivity contribution < 1.29 is 14.6 Å². The Morgan fingerprint density at radius 2 is 2.20 bits per heavy atom. The van der Waals surface area contributed by atoms with Crippen molar-refractivity contribution in [3.8, 4) is 5.88 Å². The highest BCUT2D eigenvalue weighted by molar-refractivity contribution is 5.82.